The van der Waals surface area contributed by atoms with Crippen LogP contribution in [0.15, 0.2) is 46.9 Å². The summed E-state index contributed by atoms with van der Waals surface area (Å²) in [7, 11) is 0. The second kappa shape index (κ2) is 6.63. The molecule has 0 spiro atoms. The fraction of sp³-hybridized carbons (Fsp3) is 0.200. The van der Waals surface area contributed by atoms with Crippen LogP contribution >= 0.6 is 15.9 Å². The Morgan fingerprint density at radius 1 is 1.15 bits per heavy atom. The second-order valence-electron chi connectivity index (χ2n) is 4.61. The van der Waals surface area contributed by atoms with E-state index in [1.807, 2.05) is 13.0 Å². The average molecular weight is 335 g/mol. The molecule has 20 heavy (non-hydrogen) atoms. The average Bonchev–Trinajstić information content (AvgIpc) is 2.43. The minimum Gasteiger partial charge on any atom is -0.309 e. The van der Waals surface area contributed by atoms with Crippen LogP contribution in [-0.4, -0.2) is 4.92 Å². The van der Waals surface area contributed by atoms with E-state index in [4.69, 9.17) is 0 Å². The lowest BCUT2D eigenvalue weighted by atomic mass is 10.1. The monoisotopic (exact) mass is 334 g/mol. The van der Waals surface area contributed by atoms with Gasteiger partial charge in [-0.25, -0.2) is 0 Å². The van der Waals surface area contributed by atoms with Crippen molar-refractivity contribution in [1.82, 2.24) is 5.32 Å². The summed E-state index contributed by atoms with van der Waals surface area (Å²) in [5, 5.41) is 14.0. The SMILES string of the molecule is Cc1ccc(CNCc2cccc([N+](=O)[O-])c2)cc1Br. The number of halogens is 1. The van der Waals surface area contributed by atoms with Gasteiger partial charge in [0.05, 0.1) is 4.92 Å². The quantitative estimate of drug-likeness (QED) is 0.665. The number of nitro benzene ring substituents is 1. The molecule has 0 unspecified atom stereocenters. The Morgan fingerprint density at radius 3 is 2.50 bits per heavy atom. The van der Waals surface area contributed by atoms with Gasteiger partial charge in [0.1, 0.15) is 0 Å². The van der Waals surface area contributed by atoms with Gasteiger partial charge >= 0.3 is 0 Å². The molecule has 0 saturated heterocycles. The standard InChI is InChI=1S/C15H15BrN2O2/c1-11-5-6-13(8-15(11)16)10-17-9-12-3-2-4-14(7-12)18(19)20/h2-8,17H,9-10H2,1H3. The summed E-state index contributed by atoms with van der Waals surface area (Å²) in [6.45, 7) is 3.37. The van der Waals surface area contributed by atoms with Crippen LogP contribution in [0.25, 0.3) is 0 Å². The van der Waals surface area contributed by atoms with Crippen LogP contribution < -0.4 is 5.32 Å². The summed E-state index contributed by atoms with van der Waals surface area (Å²) < 4.78 is 1.09. The zero-order valence-corrected chi connectivity index (χ0v) is 12.7. The molecule has 2 rings (SSSR count). The molecule has 0 aromatic heterocycles. The molecule has 2 aromatic carbocycles. The van der Waals surface area contributed by atoms with Gasteiger partial charge in [-0.1, -0.05) is 40.2 Å². The number of hydrogen-bond acceptors (Lipinski definition) is 3. The highest BCUT2D eigenvalue weighted by molar-refractivity contribution is 9.10. The predicted octanol–water partition coefficient (Wildman–Crippen LogP) is 3.96. The van der Waals surface area contributed by atoms with E-state index < -0.39 is 0 Å². The van der Waals surface area contributed by atoms with Gasteiger partial charge in [-0.05, 0) is 29.7 Å². The smallest absolute Gasteiger partial charge is 0.269 e. The number of nitro groups is 1. The third kappa shape index (κ3) is 3.88. The molecule has 0 aliphatic rings. The number of aryl methyl sites for hydroxylation is 1. The van der Waals surface area contributed by atoms with E-state index in [9.17, 15) is 10.1 Å². The lowest BCUT2D eigenvalue weighted by Crippen LogP contribution is -2.12. The Bertz CT molecular complexity index is 629. The van der Waals surface area contributed by atoms with Crippen LogP contribution in [0.1, 0.15) is 16.7 Å². The van der Waals surface area contributed by atoms with Crippen LogP contribution in [0, 0.1) is 17.0 Å². The molecular formula is C15H15BrN2O2. The number of nitrogens with one attached hydrogen (secondary N) is 1. The summed E-state index contributed by atoms with van der Waals surface area (Å²) in [6, 6.07) is 12.9. The number of hydrogen-bond donors (Lipinski definition) is 1. The molecule has 104 valence electrons. The molecule has 0 fully saturated rings. The van der Waals surface area contributed by atoms with Crippen molar-refractivity contribution < 1.29 is 4.92 Å². The number of nitrogens with zero attached hydrogens (tertiary/aromatic N) is 1. The van der Waals surface area contributed by atoms with Gasteiger partial charge in [0, 0.05) is 29.7 Å². The zero-order chi connectivity index (χ0) is 14.5. The molecule has 2 aromatic rings. The Hall–Kier alpha value is -1.72. The third-order valence-electron chi connectivity index (χ3n) is 3.02. The molecule has 0 radical (unpaired) electrons. The van der Waals surface area contributed by atoms with Crippen LogP contribution in [0.4, 0.5) is 5.69 Å². The Labute approximate surface area is 126 Å². The fourth-order valence-corrected chi connectivity index (χ4v) is 2.30. The maximum Gasteiger partial charge on any atom is 0.269 e. The first-order valence-corrected chi connectivity index (χ1v) is 7.04. The summed E-state index contributed by atoms with van der Waals surface area (Å²) >= 11 is 3.51. The van der Waals surface area contributed by atoms with Crippen LogP contribution in [0.5, 0.6) is 0 Å². The van der Waals surface area contributed by atoms with Crippen molar-refractivity contribution in [3.05, 3.63) is 73.7 Å². The summed E-state index contributed by atoms with van der Waals surface area (Å²) in [5.74, 6) is 0. The van der Waals surface area contributed by atoms with E-state index in [1.165, 1.54) is 17.2 Å². The lowest BCUT2D eigenvalue weighted by Gasteiger charge is -2.07. The van der Waals surface area contributed by atoms with E-state index >= 15 is 0 Å². The van der Waals surface area contributed by atoms with E-state index in [-0.39, 0.29) is 10.6 Å². The van der Waals surface area contributed by atoms with Gasteiger partial charge in [0.15, 0.2) is 0 Å². The van der Waals surface area contributed by atoms with Crippen molar-refractivity contribution in [2.24, 2.45) is 0 Å². The number of benzene rings is 2. The molecule has 5 heteroatoms. The highest BCUT2D eigenvalue weighted by Gasteiger charge is 2.05. The zero-order valence-electron chi connectivity index (χ0n) is 11.1. The van der Waals surface area contributed by atoms with Crippen molar-refractivity contribution >= 4 is 21.6 Å². The van der Waals surface area contributed by atoms with Crippen molar-refractivity contribution in [2.75, 3.05) is 0 Å². The highest BCUT2D eigenvalue weighted by Crippen LogP contribution is 2.17. The molecule has 1 N–H and O–H groups in total. The summed E-state index contributed by atoms with van der Waals surface area (Å²) in [5.41, 5.74) is 3.41. The Morgan fingerprint density at radius 2 is 1.85 bits per heavy atom. The number of non-ortho nitro benzene ring substituents is 1. The van der Waals surface area contributed by atoms with Gasteiger partial charge < -0.3 is 5.32 Å². The molecule has 0 atom stereocenters. The van der Waals surface area contributed by atoms with Crippen molar-refractivity contribution in [3.63, 3.8) is 0 Å². The van der Waals surface area contributed by atoms with Crippen molar-refractivity contribution in [1.29, 1.82) is 0 Å². The first-order chi connectivity index (χ1) is 9.56. The second-order valence-corrected chi connectivity index (χ2v) is 5.47. The molecule has 0 aliphatic carbocycles. The van der Waals surface area contributed by atoms with E-state index in [1.54, 1.807) is 12.1 Å². The van der Waals surface area contributed by atoms with Crippen LogP contribution in [0.3, 0.4) is 0 Å². The first-order valence-electron chi connectivity index (χ1n) is 6.25. The minimum absolute atomic E-state index is 0.127. The van der Waals surface area contributed by atoms with Gasteiger partial charge in [-0.15, -0.1) is 0 Å². The fourth-order valence-electron chi connectivity index (χ4n) is 1.88. The van der Waals surface area contributed by atoms with Crippen molar-refractivity contribution in [3.8, 4) is 0 Å². The molecule has 0 saturated carbocycles. The van der Waals surface area contributed by atoms with Gasteiger partial charge in [0.25, 0.3) is 5.69 Å². The highest BCUT2D eigenvalue weighted by atomic mass is 79.9. The van der Waals surface area contributed by atoms with E-state index in [0.29, 0.717) is 6.54 Å². The minimum atomic E-state index is -0.374. The molecular weight excluding hydrogens is 320 g/mol. The van der Waals surface area contributed by atoms with Gasteiger partial charge in [-0.2, -0.15) is 0 Å². The predicted molar refractivity (Wildman–Crippen MR) is 82.5 cm³/mol. The molecule has 0 bridgehead atoms. The summed E-state index contributed by atoms with van der Waals surface area (Å²) in [4.78, 5) is 10.3. The Kier molecular flexibility index (Phi) is 4.87. The topological polar surface area (TPSA) is 55.2 Å². The largest absolute Gasteiger partial charge is 0.309 e. The summed E-state index contributed by atoms with van der Waals surface area (Å²) in [6.07, 6.45) is 0. The van der Waals surface area contributed by atoms with Crippen molar-refractivity contribution in [2.45, 2.75) is 20.0 Å². The van der Waals surface area contributed by atoms with E-state index in [0.717, 1.165) is 16.6 Å². The molecule has 0 amide bonds. The first kappa shape index (κ1) is 14.7. The third-order valence-corrected chi connectivity index (χ3v) is 3.87. The maximum absolute atomic E-state index is 10.7. The van der Waals surface area contributed by atoms with Crippen LogP contribution in [0.2, 0.25) is 0 Å². The van der Waals surface area contributed by atoms with Crippen LogP contribution in [-0.2, 0) is 13.1 Å². The molecule has 0 heterocycles. The molecule has 4 nitrogen and oxygen atoms in total. The Balaban J connectivity index is 1.94. The normalized spacial score (nSPS) is 10.5. The number of rotatable bonds is 5. The van der Waals surface area contributed by atoms with E-state index in [2.05, 4.69) is 39.4 Å². The van der Waals surface area contributed by atoms with Gasteiger partial charge in [-0.3, -0.25) is 10.1 Å². The lowest BCUT2D eigenvalue weighted by molar-refractivity contribution is -0.384. The van der Waals surface area contributed by atoms with Gasteiger partial charge in [0.2, 0.25) is 0 Å². The maximum atomic E-state index is 10.7. The molecule has 0 aliphatic heterocycles.